The van der Waals surface area contributed by atoms with Crippen LogP contribution in [0.3, 0.4) is 0 Å². The number of ether oxygens (including phenoxy) is 1. The molecule has 3 N–H and O–H groups in total. The van der Waals surface area contributed by atoms with Gasteiger partial charge in [0.05, 0.1) is 7.11 Å². The first kappa shape index (κ1) is 17.8. The lowest BCUT2D eigenvalue weighted by atomic mass is 10.00. The first-order chi connectivity index (χ1) is 13.2. The Kier molecular flexibility index (Phi) is 4.96. The van der Waals surface area contributed by atoms with Gasteiger partial charge in [0, 0.05) is 43.0 Å². The summed E-state index contributed by atoms with van der Waals surface area (Å²) < 4.78 is 18.6. The van der Waals surface area contributed by atoms with Crippen LogP contribution in [0.25, 0.3) is 0 Å². The van der Waals surface area contributed by atoms with Gasteiger partial charge in [0.15, 0.2) is 11.6 Å². The maximum absolute atomic E-state index is 13.6. The molecule has 0 radical (unpaired) electrons. The van der Waals surface area contributed by atoms with Gasteiger partial charge in [0.25, 0.3) is 0 Å². The summed E-state index contributed by atoms with van der Waals surface area (Å²) in [7, 11) is 1.42. The normalized spacial score (nSPS) is 20.3. The Hall–Kier alpha value is -2.64. The Morgan fingerprint density at radius 1 is 1.15 bits per heavy atom. The standard InChI is InChI=1S/C20H23FN4O2/c1-27-19-10-15(4-7-17(19)21)24-18-8-9-25(20(18)26)16-5-2-13(3-6-16)14-11-22-23-12-14/h2-7,10,14,18,22-24H,8-9,11-12H2,1H3. The van der Waals surface area contributed by atoms with Gasteiger partial charge in [-0.25, -0.2) is 4.39 Å². The molecule has 2 aliphatic heterocycles. The molecule has 0 bridgehead atoms. The predicted octanol–water partition coefficient (Wildman–Crippen LogP) is 2.24. The van der Waals surface area contributed by atoms with Crippen LogP contribution in [0, 0.1) is 5.82 Å². The van der Waals surface area contributed by atoms with E-state index >= 15 is 0 Å². The Morgan fingerprint density at radius 2 is 1.89 bits per heavy atom. The fraction of sp³-hybridized carbons (Fsp3) is 0.350. The fourth-order valence-electron chi connectivity index (χ4n) is 3.65. The molecule has 1 amide bonds. The van der Waals surface area contributed by atoms with E-state index in [1.807, 2.05) is 12.1 Å². The first-order valence-corrected chi connectivity index (χ1v) is 9.13. The number of halogens is 1. The number of hydrogen-bond acceptors (Lipinski definition) is 5. The van der Waals surface area contributed by atoms with Crippen LogP contribution < -0.4 is 25.8 Å². The zero-order valence-corrected chi connectivity index (χ0v) is 15.2. The van der Waals surface area contributed by atoms with E-state index in [2.05, 4.69) is 28.3 Å². The second-order valence-electron chi connectivity index (χ2n) is 6.88. The molecule has 6 nitrogen and oxygen atoms in total. The minimum Gasteiger partial charge on any atom is -0.494 e. The summed E-state index contributed by atoms with van der Waals surface area (Å²) in [6.07, 6.45) is 0.691. The minimum absolute atomic E-state index is 0.0234. The number of nitrogens with zero attached hydrogens (tertiary/aromatic N) is 1. The van der Waals surface area contributed by atoms with Crippen LogP contribution in [0.4, 0.5) is 15.8 Å². The molecule has 142 valence electrons. The van der Waals surface area contributed by atoms with E-state index in [-0.39, 0.29) is 17.7 Å². The lowest BCUT2D eigenvalue weighted by molar-refractivity contribution is -0.117. The highest BCUT2D eigenvalue weighted by Crippen LogP contribution is 2.28. The molecular weight excluding hydrogens is 347 g/mol. The second-order valence-corrected chi connectivity index (χ2v) is 6.88. The number of methoxy groups -OCH3 is 1. The summed E-state index contributed by atoms with van der Waals surface area (Å²) >= 11 is 0. The molecule has 2 aromatic rings. The zero-order chi connectivity index (χ0) is 18.8. The number of hydrazine groups is 1. The monoisotopic (exact) mass is 370 g/mol. The maximum atomic E-state index is 13.6. The molecule has 0 spiro atoms. The van der Waals surface area contributed by atoms with Gasteiger partial charge < -0.3 is 15.0 Å². The van der Waals surface area contributed by atoms with Gasteiger partial charge in [-0.15, -0.1) is 0 Å². The van der Waals surface area contributed by atoms with Crippen molar-refractivity contribution < 1.29 is 13.9 Å². The van der Waals surface area contributed by atoms with E-state index in [1.54, 1.807) is 17.0 Å². The third kappa shape index (κ3) is 3.61. The van der Waals surface area contributed by atoms with Crippen molar-refractivity contribution >= 4 is 17.3 Å². The first-order valence-electron chi connectivity index (χ1n) is 9.13. The molecule has 2 fully saturated rings. The van der Waals surface area contributed by atoms with Crippen LogP contribution in [0.5, 0.6) is 5.75 Å². The highest BCUT2D eigenvalue weighted by molar-refractivity contribution is 6.01. The Balaban J connectivity index is 1.43. The molecular formula is C20H23FN4O2. The lowest BCUT2D eigenvalue weighted by Gasteiger charge is -2.19. The van der Waals surface area contributed by atoms with Crippen molar-refractivity contribution in [1.29, 1.82) is 0 Å². The van der Waals surface area contributed by atoms with E-state index < -0.39 is 5.82 Å². The molecule has 0 saturated carbocycles. The molecule has 4 rings (SSSR count). The van der Waals surface area contributed by atoms with Crippen LogP contribution in [-0.4, -0.2) is 38.7 Å². The largest absolute Gasteiger partial charge is 0.494 e. The van der Waals surface area contributed by atoms with Crippen molar-refractivity contribution in [2.24, 2.45) is 0 Å². The van der Waals surface area contributed by atoms with Crippen LogP contribution in [-0.2, 0) is 4.79 Å². The van der Waals surface area contributed by atoms with Crippen molar-refractivity contribution in [2.75, 3.05) is 37.0 Å². The molecule has 2 aliphatic rings. The molecule has 27 heavy (non-hydrogen) atoms. The van der Waals surface area contributed by atoms with E-state index in [4.69, 9.17) is 4.74 Å². The van der Waals surface area contributed by atoms with Crippen LogP contribution >= 0.6 is 0 Å². The number of nitrogens with one attached hydrogen (secondary N) is 3. The Labute approximate surface area is 157 Å². The SMILES string of the molecule is COc1cc(NC2CCN(c3ccc(C4CNNC4)cc3)C2=O)ccc1F. The summed E-state index contributed by atoms with van der Waals surface area (Å²) in [6.45, 7) is 2.48. The highest BCUT2D eigenvalue weighted by Gasteiger charge is 2.32. The van der Waals surface area contributed by atoms with Crippen molar-refractivity contribution in [2.45, 2.75) is 18.4 Å². The Bertz CT molecular complexity index is 821. The highest BCUT2D eigenvalue weighted by atomic mass is 19.1. The number of carbonyl (C=O) groups excluding carboxylic acids is 1. The third-order valence-corrected chi connectivity index (χ3v) is 5.20. The number of hydrogen-bond donors (Lipinski definition) is 3. The topological polar surface area (TPSA) is 65.6 Å². The number of amides is 1. The minimum atomic E-state index is -0.421. The van der Waals surface area contributed by atoms with Crippen LogP contribution in [0.15, 0.2) is 42.5 Å². The quantitative estimate of drug-likeness (QED) is 0.753. The molecule has 7 heteroatoms. The number of carbonyl (C=O) groups is 1. The van der Waals surface area contributed by atoms with Crippen LogP contribution in [0.2, 0.25) is 0 Å². The molecule has 2 saturated heterocycles. The van der Waals surface area contributed by atoms with Gasteiger partial charge >= 0.3 is 0 Å². The van der Waals surface area contributed by atoms with E-state index in [9.17, 15) is 9.18 Å². The van der Waals surface area contributed by atoms with Gasteiger partial charge in [-0.3, -0.25) is 15.6 Å². The summed E-state index contributed by atoms with van der Waals surface area (Å²) in [4.78, 5) is 14.6. The summed E-state index contributed by atoms with van der Waals surface area (Å²) in [6, 6.07) is 12.4. The summed E-state index contributed by atoms with van der Waals surface area (Å²) in [5, 5.41) is 3.19. The summed E-state index contributed by atoms with van der Waals surface area (Å²) in [5.74, 6) is 0.218. The number of benzene rings is 2. The van der Waals surface area contributed by atoms with E-state index in [0.717, 1.165) is 18.8 Å². The van der Waals surface area contributed by atoms with E-state index in [1.165, 1.54) is 18.7 Å². The fourth-order valence-corrected chi connectivity index (χ4v) is 3.65. The average Bonchev–Trinajstić information content (AvgIpc) is 3.34. The van der Waals surface area contributed by atoms with Crippen molar-refractivity contribution in [3.63, 3.8) is 0 Å². The van der Waals surface area contributed by atoms with Gasteiger partial charge in [-0.1, -0.05) is 12.1 Å². The number of rotatable bonds is 5. The predicted molar refractivity (Wildman–Crippen MR) is 103 cm³/mol. The molecule has 0 aromatic heterocycles. The molecule has 2 heterocycles. The van der Waals surface area contributed by atoms with Crippen molar-refractivity contribution in [3.8, 4) is 5.75 Å². The summed E-state index contributed by atoms with van der Waals surface area (Å²) in [5.41, 5.74) is 9.10. The lowest BCUT2D eigenvalue weighted by Crippen LogP contribution is -2.33. The molecule has 1 atom stereocenters. The van der Waals surface area contributed by atoms with Crippen molar-refractivity contribution in [1.82, 2.24) is 10.9 Å². The van der Waals surface area contributed by atoms with E-state index in [0.29, 0.717) is 24.6 Å². The van der Waals surface area contributed by atoms with Crippen LogP contribution in [0.1, 0.15) is 17.9 Å². The van der Waals surface area contributed by atoms with Gasteiger partial charge in [0.1, 0.15) is 6.04 Å². The molecule has 0 aliphatic carbocycles. The Morgan fingerprint density at radius 3 is 2.59 bits per heavy atom. The molecule has 1 unspecified atom stereocenters. The number of anilines is 2. The molecule has 2 aromatic carbocycles. The van der Waals surface area contributed by atoms with Gasteiger partial charge in [-0.2, -0.15) is 0 Å². The van der Waals surface area contributed by atoms with Gasteiger partial charge in [0.2, 0.25) is 5.91 Å². The van der Waals surface area contributed by atoms with Gasteiger partial charge in [-0.05, 0) is 36.2 Å². The third-order valence-electron chi connectivity index (χ3n) is 5.20. The smallest absolute Gasteiger partial charge is 0.249 e. The maximum Gasteiger partial charge on any atom is 0.249 e. The zero-order valence-electron chi connectivity index (χ0n) is 15.2. The van der Waals surface area contributed by atoms with Crippen molar-refractivity contribution in [3.05, 3.63) is 53.8 Å². The average molecular weight is 370 g/mol. The second kappa shape index (κ2) is 7.54.